The Morgan fingerprint density at radius 3 is 2.12 bits per heavy atom. The lowest BCUT2D eigenvalue weighted by atomic mass is 9.89. The molecule has 0 spiro atoms. The van der Waals surface area contributed by atoms with Crippen molar-refractivity contribution in [2.75, 3.05) is 18.0 Å². The summed E-state index contributed by atoms with van der Waals surface area (Å²) in [5.74, 6) is 1.37. The molecule has 0 saturated carbocycles. The first-order valence-corrected chi connectivity index (χ1v) is 14.9. The monoisotopic (exact) mass is 477 g/mol. The summed E-state index contributed by atoms with van der Waals surface area (Å²) in [4.78, 5) is 15.6. The molecule has 182 valence electrons. The van der Waals surface area contributed by atoms with E-state index < -0.39 is 8.32 Å². The maximum absolute atomic E-state index is 13.4. The van der Waals surface area contributed by atoms with Crippen LogP contribution in [0.15, 0.2) is 64.0 Å². The van der Waals surface area contributed by atoms with E-state index in [9.17, 15) is 4.79 Å². The predicted molar refractivity (Wildman–Crippen MR) is 145 cm³/mol. The Bertz CT molecular complexity index is 1140. The number of hydrogen-bond acceptors (Lipinski definition) is 4. The maximum Gasteiger partial charge on any atom is 0.258 e. The standard InChI is InChI=1S/C29H39NO3Si/c1-20(2)34(21(3)4,22(5)6)33-25-12-13-26-28(18-25)32-19-27(29(26)31)30-16-14-24(15-17-30)23-10-8-7-9-11-23/h7-13,18-22,24H,14-17H2,1-6H3. The highest BCUT2D eigenvalue weighted by Crippen LogP contribution is 2.43. The fraction of sp³-hybridized carbons (Fsp3) is 0.483. The van der Waals surface area contributed by atoms with Gasteiger partial charge in [-0.25, -0.2) is 0 Å². The normalized spacial score (nSPS) is 15.6. The first-order valence-electron chi connectivity index (χ1n) is 12.8. The van der Waals surface area contributed by atoms with Crippen LogP contribution in [0.1, 0.15) is 65.9 Å². The van der Waals surface area contributed by atoms with Gasteiger partial charge in [0.1, 0.15) is 23.3 Å². The molecule has 0 radical (unpaired) electrons. The Kier molecular flexibility index (Phi) is 7.22. The number of nitrogens with zero attached hydrogens (tertiary/aromatic N) is 1. The van der Waals surface area contributed by atoms with Gasteiger partial charge in [-0.15, -0.1) is 0 Å². The largest absolute Gasteiger partial charge is 0.543 e. The van der Waals surface area contributed by atoms with Crippen molar-refractivity contribution in [2.45, 2.75) is 76.9 Å². The van der Waals surface area contributed by atoms with E-state index in [1.165, 1.54) is 5.56 Å². The molecule has 0 N–H and O–H groups in total. The lowest BCUT2D eigenvalue weighted by Crippen LogP contribution is -2.50. The van der Waals surface area contributed by atoms with Crippen LogP contribution >= 0.6 is 0 Å². The van der Waals surface area contributed by atoms with Crippen LogP contribution < -0.4 is 14.8 Å². The molecule has 1 fully saturated rings. The highest BCUT2D eigenvalue weighted by Gasteiger charge is 2.47. The molecule has 0 amide bonds. The molecule has 0 atom stereocenters. The molecule has 5 heteroatoms. The van der Waals surface area contributed by atoms with Crippen molar-refractivity contribution in [1.82, 2.24) is 0 Å². The zero-order valence-electron chi connectivity index (χ0n) is 21.5. The lowest BCUT2D eigenvalue weighted by molar-refractivity contribution is 0.478. The molecule has 34 heavy (non-hydrogen) atoms. The Morgan fingerprint density at radius 1 is 0.912 bits per heavy atom. The first-order chi connectivity index (χ1) is 16.2. The average molecular weight is 478 g/mol. The van der Waals surface area contributed by atoms with Crippen LogP contribution in [0.2, 0.25) is 16.6 Å². The quantitative estimate of drug-likeness (QED) is 0.327. The van der Waals surface area contributed by atoms with Gasteiger partial charge in [-0.3, -0.25) is 4.79 Å². The molecular weight excluding hydrogens is 438 g/mol. The van der Waals surface area contributed by atoms with Gasteiger partial charge in [-0.1, -0.05) is 71.9 Å². The van der Waals surface area contributed by atoms with Crippen molar-refractivity contribution < 1.29 is 8.84 Å². The Hall–Kier alpha value is -2.53. The summed E-state index contributed by atoms with van der Waals surface area (Å²) in [6.45, 7) is 15.4. The second kappa shape index (κ2) is 9.99. The van der Waals surface area contributed by atoms with Crippen molar-refractivity contribution in [1.29, 1.82) is 0 Å². The molecule has 1 saturated heterocycles. The van der Waals surface area contributed by atoms with E-state index >= 15 is 0 Å². The van der Waals surface area contributed by atoms with Crippen LogP contribution in [0, 0.1) is 0 Å². The van der Waals surface area contributed by atoms with Gasteiger partial charge >= 0.3 is 0 Å². The van der Waals surface area contributed by atoms with E-state index in [-0.39, 0.29) is 5.43 Å². The maximum atomic E-state index is 13.4. The second-order valence-electron chi connectivity index (χ2n) is 10.7. The van der Waals surface area contributed by atoms with Crippen molar-refractivity contribution in [3.63, 3.8) is 0 Å². The summed E-state index contributed by atoms with van der Waals surface area (Å²) in [5.41, 5.74) is 4.16. The number of anilines is 1. The number of rotatable bonds is 7. The van der Waals surface area contributed by atoms with E-state index in [1.54, 1.807) is 6.26 Å². The Balaban J connectivity index is 1.56. The molecule has 0 aliphatic carbocycles. The van der Waals surface area contributed by atoms with Gasteiger partial charge in [-0.05, 0) is 53.1 Å². The molecule has 2 heterocycles. The van der Waals surface area contributed by atoms with Crippen molar-refractivity contribution in [2.24, 2.45) is 0 Å². The van der Waals surface area contributed by atoms with Gasteiger partial charge in [0, 0.05) is 19.2 Å². The van der Waals surface area contributed by atoms with Crippen molar-refractivity contribution >= 4 is 25.0 Å². The van der Waals surface area contributed by atoms with E-state index in [0.717, 1.165) is 31.7 Å². The van der Waals surface area contributed by atoms with E-state index in [0.29, 0.717) is 39.2 Å². The second-order valence-corrected chi connectivity index (χ2v) is 16.1. The molecule has 3 aromatic rings. The van der Waals surface area contributed by atoms with Crippen LogP contribution in [0.3, 0.4) is 0 Å². The first kappa shape index (κ1) is 24.6. The summed E-state index contributed by atoms with van der Waals surface area (Å²) >= 11 is 0. The zero-order chi connectivity index (χ0) is 24.5. The van der Waals surface area contributed by atoms with Crippen LogP contribution in [0.4, 0.5) is 5.69 Å². The smallest absolute Gasteiger partial charge is 0.258 e. The number of hydrogen-bond donors (Lipinski definition) is 0. The van der Waals surface area contributed by atoms with Crippen LogP contribution in [-0.2, 0) is 0 Å². The third-order valence-corrected chi connectivity index (χ3v) is 13.8. The van der Waals surface area contributed by atoms with Gasteiger partial charge < -0.3 is 13.7 Å². The van der Waals surface area contributed by atoms with Crippen LogP contribution in [-0.4, -0.2) is 21.4 Å². The topological polar surface area (TPSA) is 42.7 Å². The summed E-state index contributed by atoms with van der Waals surface area (Å²) in [6.07, 6.45) is 3.73. The third kappa shape index (κ3) is 4.55. The highest BCUT2D eigenvalue weighted by molar-refractivity contribution is 6.78. The van der Waals surface area contributed by atoms with Gasteiger partial charge in [0.05, 0.1) is 5.39 Å². The van der Waals surface area contributed by atoms with Crippen molar-refractivity contribution in [3.05, 3.63) is 70.6 Å². The molecule has 1 aliphatic heterocycles. The van der Waals surface area contributed by atoms with Crippen molar-refractivity contribution in [3.8, 4) is 5.75 Å². The SMILES string of the molecule is CC(C)[Si](Oc1ccc2c(=O)c(N3CCC(c4ccccc4)CC3)coc2c1)(C(C)C)C(C)C. The summed E-state index contributed by atoms with van der Waals surface area (Å²) < 4.78 is 12.8. The van der Waals surface area contributed by atoms with Gasteiger partial charge in [-0.2, -0.15) is 0 Å². The summed E-state index contributed by atoms with van der Waals surface area (Å²) in [6, 6.07) is 16.4. The number of piperidine rings is 1. The third-order valence-electron chi connectivity index (χ3n) is 7.84. The van der Waals surface area contributed by atoms with Crippen LogP contribution in [0.5, 0.6) is 5.75 Å². The zero-order valence-corrected chi connectivity index (χ0v) is 22.5. The minimum Gasteiger partial charge on any atom is -0.543 e. The Labute approximate surface area is 205 Å². The average Bonchev–Trinajstić information content (AvgIpc) is 2.83. The van der Waals surface area contributed by atoms with Gasteiger partial charge in [0.25, 0.3) is 8.32 Å². The molecule has 2 aromatic carbocycles. The summed E-state index contributed by atoms with van der Waals surface area (Å²) in [5, 5.41) is 0.626. The minimum atomic E-state index is -2.07. The fourth-order valence-corrected chi connectivity index (χ4v) is 11.4. The van der Waals surface area contributed by atoms with Gasteiger partial charge in [0.15, 0.2) is 0 Å². The molecule has 0 bridgehead atoms. The molecular formula is C29H39NO3Si. The molecule has 1 aliphatic rings. The highest BCUT2D eigenvalue weighted by atomic mass is 28.4. The summed E-state index contributed by atoms with van der Waals surface area (Å²) in [7, 11) is -2.07. The molecule has 4 rings (SSSR count). The lowest BCUT2D eigenvalue weighted by Gasteiger charge is -2.42. The van der Waals surface area contributed by atoms with Gasteiger partial charge in [0.2, 0.25) is 5.43 Å². The van der Waals surface area contributed by atoms with E-state index in [2.05, 4.69) is 76.8 Å². The van der Waals surface area contributed by atoms with E-state index in [1.807, 2.05) is 18.2 Å². The predicted octanol–water partition coefficient (Wildman–Crippen LogP) is 7.73. The van der Waals surface area contributed by atoms with Crippen LogP contribution in [0.25, 0.3) is 11.0 Å². The fourth-order valence-electron chi connectivity index (χ4n) is 6.12. The molecule has 1 aromatic heterocycles. The molecule has 0 unspecified atom stereocenters. The van der Waals surface area contributed by atoms with E-state index in [4.69, 9.17) is 8.84 Å². The number of benzene rings is 2. The Morgan fingerprint density at radius 2 is 1.53 bits per heavy atom. The number of fused-ring (bicyclic) bond motifs is 1. The minimum absolute atomic E-state index is 0.0473. The molecule has 4 nitrogen and oxygen atoms in total.